The maximum Gasteiger partial charge on any atom is 0.0465 e. The monoisotopic (exact) mass is 205 g/mol. The SMILES string of the molecule is CC(C)CSc1c[nH]c2ccccc12. The van der Waals surface area contributed by atoms with Gasteiger partial charge in [-0.2, -0.15) is 0 Å². The minimum Gasteiger partial charge on any atom is -0.360 e. The van der Waals surface area contributed by atoms with Gasteiger partial charge >= 0.3 is 0 Å². The molecule has 1 heterocycles. The molecule has 0 saturated carbocycles. The fourth-order valence-corrected chi connectivity index (χ4v) is 2.41. The summed E-state index contributed by atoms with van der Waals surface area (Å²) in [6.07, 6.45) is 2.11. The van der Waals surface area contributed by atoms with Crippen LogP contribution in [0.5, 0.6) is 0 Å². The molecular formula is C12H15NS. The normalized spacial score (nSPS) is 11.4. The Hall–Kier alpha value is -0.890. The Morgan fingerprint density at radius 2 is 2.07 bits per heavy atom. The van der Waals surface area contributed by atoms with Crippen molar-refractivity contribution in [2.75, 3.05) is 5.75 Å². The van der Waals surface area contributed by atoms with Crippen molar-refractivity contribution in [2.24, 2.45) is 5.92 Å². The van der Waals surface area contributed by atoms with E-state index in [0.717, 1.165) is 5.92 Å². The molecule has 1 aromatic carbocycles. The number of benzene rings is 1. The number of aromatic amines is 1. The molecule has 0 fully saturated rings. The van der Waals surface area contributed by atoms with Crippen LogP contribution in [0.1, 0.15) is 13.8 Å². The Bertz CT molecular complexity index is 417. The number of nitrogens with one attached hydrogen (secondary N) is 1. The molecule has 0 aliphatic rings. The second-order valence-electron chi connectivity index (χ2n) is 3.90. The first-order chi connectivity index (χ1) is 6.77. The van der Waals surface area contributed by atoms with Crippen molar-refractivity contribution in [3.63, 3.8) is 0 Å². The fraction of sp³-hybridized carbons (Fsp3) is 0.333. The first-order valence-electron chi connectivity index (χ1n) is 4.96. The van der Waals surface area contributed by atoms with Crippen molar-refractivity contribution < 1.29 is 0 Å². The highest BCUT2D eigenvalue weighted by Crippen LogP contribution is 2.28. The predicted octanol–water partition coefficient (Wildman–Crippen LogP) is 3.92. The Morgan fingerprint density at radius 1 is 1.29 bits per heavy atom. The molecule has 1 aromatic heterocycles. The van der Waals surface area contributed by atoms with Crippen molar-refractivity contribution in [1.29, 1.82) is 0 Å². The quantitative estimate of drug-likeness (QED) is 0.751. The lowest BCUT2D eigenvalue weighted by Gasteiger charge is -2.02. The highest BCUT2D eigenvalue weighted by atomic mass is 32.2. The summed E-state index contributed by atoms with van der Waals surface area (Å²) in [6, 6.07) is 8.45. The van der Waals surface area contributed by atoms with Gasteiger partial charge in [0.05, 0.1) is 0 Å². The molecule has 74 valence electrons. The second kappa shape index (κ2) is 4.09. The highest BCUT2D eigenvalue weighted by molar-refractivity contribution is 7.99. The minimum atomic E-state index is 0.744. The summed E-state index contributed by atoms with van der Waals surface area (Å²) >= 11 is 1.93. The van der Waals surface area contributed by atoms with Crippen LogP contribution in [-0.4, -0.2) is 10.7 Å². The zero-order chi connectivity index (χ0) is 9.97. The molecule has 0 radical (unpaired) electrons. The fourth-order valence-electron chi connectivity index (χ4n) is 1.42. The van der Waals surface area contributed by atoms with Crippen LogP contribution in [0, 0.1) is 5.92 Å². The maximum atomic E-state index is 3.29. The van der Waals surface area contributed by atoms with E-state index in [1.165, 1.54) is 21.6 Å². The third-order valence-electron chi connectivity index (χ3n) is 2.12. The molecule has 2 heteroatoms. The van der Waals surface area contributed by atoms with Gasteiger partial charge in [0, 0.05) is 27.7 Å². The Labute approximate surface area is 88.9 Å². The average Bonchev–Trinajstić information content (AvgIpc) is 2.58. The summed E-state index contributed by atoms with van der Waals surface area (Å²) in [4.78, 5) is 4.66. The van der Waals surface area contributed by atoms with E-state index >= 15 is 0 Å². The molecule has 0 bridgehead atoms. The number of hydrogen-bond acceptors (Lipinski definition) is 1. The van der Waals surface area contributed by atoms with Crippen molar-refractivity contribution in [1.82, 2.24) is 4.98 Å². The third-order valence-corrected chi connectivity index (χ3v) is 3.61. The van der Waals surface area contributed by atoms with Gasteiger partial charge in [0.1, 0.15) is 0 Å². The number of rotatable bonds is 3. The van der Waals surface area contributed by atoms with E-state index in [4.69, 9.17) is 0 Å². The Morgan fingerprint density at radius 3 is 2.86 bits per heavy atom. The smallest absolute Gasteiger partial charge is 0.0465 e. The van der Waals surface area contributed by atoms with Crippen LogP contribution >= 0.6 is 11.8 Å². The lowest BCUT2D eigenvalue weighted by Crippen LogP contribution is -1.89. The summed E-state index contributed by atoms with van der Waals surface area (Å²) < 4.78 is 0. The van der Waals surface area contributed by atoms with Crippen LogP contribution in [0.15, 0.2) is 35.4 Å². The summed E-state index contributed by atoms with van der Waals surface area (Å²) in [5.74, 6) is 1.93. The highest BCUT2D eigenvalue weighted by Gasteiger charge is 2.03. The molecular weight excluding hydrogens is 190 g/mol. The third kappa shape index (κ3) is 1.95. The Balaban J connectivity index is 2.25. The molecule has 2 rings (SSSR count). The number of H-pyrrole nitrogens is 1. The van der Waals surface area contributed by atoms with Gasteiger partial charge in [0.2, 0.25) is 0 Å². The van der Waals surface area contributed by atoms with Gasteiger partial charge in [-0.15, -0.1) is 11.8 Å². The zero-order valence-electron chi connectivity index (χ0n) is 8.58. The molecule has 0 spiro atoms. The van der Waals surface area contributed by atoms with Crippen LogP contribution in [0.4, 0.5) is 0 Å². The number of aromatic nitrogens is 1. The van der Waals surface area contributed by atoms with Crippen LogP contribution < -0.4 is 0 Å². The van der Waals surface area contributed by atoms with E-state index in [9.17, 15) is 0 Å². The van der Waals surface area contributed by atoms with Gasteiger partial charge in [-0.3, -0.25) is 0 Å². The summed E-state index contributed by atoms with van der Waals surface area (Å²) in [7, 11) is 0. The summed E-state index contributed by atoms with van der Waals surface area (Å²) in [6.45, 7) is 4.50. The van der Waals surface area contributed by atoms with E-state index < -0.39 is 0 Å². The van der Waals surface area contributed by atoms with E-state index in [0.29, 0.717) is 0 Å². The van der Waals surface area contributed by atoms with Gasteiger partial charge in [-0.05, 0) is 12.0 Å². The van der Waals surface area contributed by atoms with Crippen molar-refractivity contribution in [3.8, 4) is 0 Å². The molecule has 0 amide bonds. The van der Waals surface area contributed by atoms with E-state index in [-0.39, 0.29) is 0 Å². The molecule has 1 nitrogen and oxygen atoms in total. The lowest BCUT2D eigenvalue weighted by molar-refractivity contribution is 0.750. The van der Waals surface area contributed by atoms with Gasteiger partial charge < -0.3 is 4.98 Å². The largest absolute Gasteiger partial charge is 0.360 e. The summed E-state index contributed by atoms with van der Waals surface area (Å²) in [5.41, 5.74) is 1.23. The molecule has 0 saturated heterocycles. The zero-order valence-corrected chi connectivity index (χ0v) is 9.40. The topological polar surface area (TPSA) is 15.8 Å². The molecule has 0 aliphatic carbocycles. The second-order valence-corrected chi connectivity index (χ2v) is 4.97. The molecule has 2 aromatic rings. The van der Waals surface area contributed by atoms with E-state index in [1.54, 1.807) is 0 Å². The standard InChI is InChI=1S/C12H15NS/c1-9(2)8-14-12-7-13-11-6-4-3-5-10(11)12/h3-7,9,13H,8H2,1-2H3. The Kier molecular flexibility index (Phi) is 2.82. The van der Waals surface area contributed by atoms with E-state index in [2.05, 4.69) is 49.3 Å². The number of thioether (sulfide) groups is 1. The predicted molar refractivity (Wildman–Crippen MR) is 63.9 cm³/mol. The molecule has 0 aliphatic heterocycles. The number of para-hydroxylation sites is 1. The first-order valence-corrected chi connectivity index (χ1v) is 5.95. The van der Waals surface area contributed by atoms with Crippen molar-refractivity contribution >= 4 is 22.7 Å². The molecule has 1 N–H and O–H groups in total. The van der Waals surface area contributed by atoms with Gasteiger partial charge in [-0.1, -0.05) is 32.0 Å². The number of hydrogen-bond donors (Lipinski definition) is 1. The van der Waals surface area contributed by atoms with Gasteiger partial charge in [0.25, 0.3) is 0 Å². The van der Waals surface area contributed by atoms with E-state index in [1.807, 2.05) is 11.8 Å². The maximum absolute atomic E-state index is 3.29. The minimum absolute atomic E-state index is 0.744. The molecule has 0 unspecified atom stereocenters. The van der Waals surface area contributed by atoms with Crippen LogP contribution in [0.25, 0.3) is 10.9 Å². The first kappa shape index (κ1) is 9.66. The van der Waals surface area contributed by atoms with Crippen LogP contribution in [0.2, 0.25) is 0 Å². The van der Waals surface area contributed by atoms with Crippen molar-refractivity contribution in [3.05, 3.63) is 30.5 Å². The summed E-state index contributed by atoms with van der Waals surface area (Å²) in [5, 5.41) is 1.35. The van der Waals surface area contributed by atoms with Crippen LogP contribution in [0.3, 0.4) is 0 Å². The van der Waals surface area contributed by atoms with Crippen molar-refractivity contribution in [2.45, 2.75) is 18.7 Å². The molecule has 14 heavy (non-hydrogen) atoms. The average molecular weight is 205 g/mol. The van der Waals surface area contributed by atoms with Gasteiger partial charge in [0.15, 0.2) is 0 Å². The molecule has 0 atom stereocenters. The van der Waals surface area contributed by atoms with Gasteiger partial charge in [-0.25, -0.2) is 0 Å². The lowest BCUT2D eigenvalue weighted by atomic mass is 10.2. The van der Waals surface area contributed by atoms with Crippen LogP contribution in [-0.2, 0) is 0 Å². The number of fused-ring (bicyclic) bond motifs is 1.